The fourth-order valence-electron chi connectivity index (χ4n) is 2.91. The predicted octanol–water partition coefficient (Wildman–Crippen LogP) is 6.31. The van der Waals surface area contributed by atoms with E-state index in [1.54, 1.807) is 18.3 Å². The van der Waals surface area contributed by atoms with E-state index in [2.05, 4.69) is 20.5 Å². The molecule has 0 bridgehead atoms. The van der Waals surface area contributed by atoms with Crippen LogP contribution in [-0.4, -0.2) is 21.2 Å². The highest BCUT2D eigenvalue weighted by Crippen LogP contribution is 2.27. The molecule has 31 heavy (non-hydrogen) atoms. The van der Waals surface area contributed by atoms with Crippen LogP contribution in [0.5, 0.6) is 5.75 Å². The Morgan fingerprint density at radius 2 is 1.45 bits per heavy atom. The van der Waals surface area contributed by atoms with E-state index in [9.17, 15) is 9.90 Å². The van der Waals surface area contributed by atoms with Crippen LogP contribution in [0.3, 0.4) is 0 Å². The molecule has 3 aromatic carbocycles. The Morgan fingerprint density at radius 1 is 0.806 bits per heavy atom. The van der Waals surface area contributed by atoms with Gasteiger partial charge in [-0.1, -0.05) is 18.2 Å². The van der Waals surface area contributed by atoms with E-state index in [1.165, 1.54) is 18.2 Å². The first kappa shape index (κ1) is 19.8. The molecule has 152 valence electrons. The van der Waals surface area contributed by atoms with E-state index in [4.69, 9.17) is 5.11 Å². The van der Waals surface area contributed by atoms with Crippen LogP contribution in [0.4, 0.5) is 22.7 Å². The lowest BCUT2D eigenvalue weighted by Gasteiger charge is -2.08. The highest BCUT2D eigenvalue weighted by Gasteiger charge is 2.09. The van der Waals surface area contributed by atoms with Crippen LogP contribution in [0.15, 0.2) is 101 Å². The van der Waals surface area contributed by atoms with Crippen molar-refractivity contribution < 1.29 is 15.0 Å². The molecule has 3 N–H and O–H groups in total. The molecule has 7 nitrogen and oxygen atoms in total. The van der Waals surface area contributed by atoms with E-state index >= 15 is 0 Å². The summed E-state index contributed by atoms with van der Waals surface area (Å²) >= 11 is 0. The average molecular weight is 410 g/mol. The lowest BCUT2D eigenvalue weighted by molar-refractivity contribution is 0.0693. The van der Waals surface area contributed by atoms with Crippen molar-refractivity contribution in [2.75, 3.05) is 5.32 Å². The Hall–Kier alpha value is -4.52. The van der Waals surface area contributed by atoms with Gasteiger partial charge >= 0.3 is 5.97 Å². The summed E-state index contributed by atoms with van der Waals surface area (Å²) in [5, 5.41) is 30.1. The number of nitrogens with zero attached hydrogens (tertiary/aromatic N) is 3. The number of carboxylic acids is 1. The minimum atomic E-state index is -1.22. The van der Waals surface area contributed by atoms with Crippen LogP contribution in [-0.2, 0) is 0 Å². The molecule has 0 unspecified atom stereocenters. The van der Waals surface area contributed by atoms with E-state index in [1.807, 2.05) is 54.6 Å². The zero-order valence-corrected chi connectivity index (χ0v) is 16.3. The van der Waals surface area contributed by atoms with Crippen molar-refractivity contribution in [1.29, 1.82) is 0 Å². The number of hydrogen-bond donors (Lipinski definition) is 3. The average Bonchev–Trinajstić information content (AvgIpc) is 2.80. The molecule has 1 aromatic heterocycles. The normalized spacial score (nSPS) is 10.8. The van der Waals surface area contributed by atoms with Gasteiger partial charge in [0.1, 0.15) is 11.3 Å². The molecule has 0 spiro atoms. The van der Waals surface area contributed by atoms with Gasteiger partial charge in [0.25, 0.3) is 0 Å². The van der Waals surface area contributed by atoms with Crippen molar-refractivity contribution in [2.45, 2.75) is 0 Å². The summed E-state index contributed by atoms with van der Waals surface area (Å²) in [6, 6.07) is 25.2. The van der Waals surface area contributed by atoms with Gasteiger partial charge in [-0.05, 0) is 66.7 Å². The molecule has 0 amide bonds. The second-order valence-corrected chi connectivity index (χ2v) is 6.67. The van der Waals surface area contributed by atoms with E-state index in [0.717, 1.165) is 22.6 Å². The highest BCUT2D eigenvalue weighted by atomic mass is 16.4. The molecule has 0 aliphatic heterocycles. The van der Waals surface area contributed by atoms with Gasteiger partial charge in [0.05, 0.1) is 17.1 Å². The zero-order valence-electron chi connectivity index (χ0n) is 16.3. The van der Waals surface area contributed by atoms with Crippen molar-refractivity contribution in [3.8, 4) is 17.0 Å². The SMILES string of the molecule is O=C(O)c1cc(N=Nc2ccc(Nc3ccc(-c4ccccn4)cc3)cc2)ccc1O. The molecule has 0 atom stereocenters. The fraction of sp³-hybridized carbons (Fsp3) is 0. The summed E-state index contributed by atoms with van der Waals surface area (Å²) in [7, 11) is 0. The number of azo groups is 1. The van der Waals surface area contributed by atoms with Crippen LogP contribution in [0, 0.1) is 0 Å². The zero-order chi connectivity index (χ0) is 21.6. The molecule has 0 saturated carbocycles. The molecule has 1 heterocycles. The molecule has 7 heteroatoms. The standard InChI is InChI=1S/C24H18N4O3/c29-23-13-12-20(15-21(23)24(30)31)28-27-19-10-8-18(9-11-19)26-17-6-4-16(5-7-17)22-3-1-2-14-25-22/h1-15,26,29H,(H,30,31). The van der Waals surface area contributed by atoms with Gasteiger partial charge in [0, 0.05) is 23.1 Å². The third kappa shape index (κ3) is 4.91. The number of rotatable bonds is 6. The van der Waals surface area contributed by atoms with Gasteiger partial charge in [0.2, 0.25) is 0 Å². The third-order valence-corrected chi connectivity index (χ3v) is 4.49. The van der Waals surface area contributed by atoms with Gasteiger partial charge in [0.15, 0.2) is 0 Å². The largest absolute Gasteiger partial charge is 0.507 e. The summed E-state index contributed by atoms with van der Waals surface area (Å²) in [4.78, 5) is 15.4. The minimum Gasteiger partial charge on any atom is -0.507 e. The molecule has 4 rings (SSSR count). The van der Waals surface area contributed by atoms with Crippen molar-refractivity contribution in [3.05, 3.63) is 96.7 Å². The predicted molar refractivity (Wildman–Crippen MR) is 119 cm³/mol. The number of nitrogens with one attached hydrogen (secondary N) is 1. The lowest BCUT2D eigenvalue weighted by atomic mass is 10.1. The first-order chi connectivity index (χ1) is 15.1. The van der Waals surface area contributed by atoms with Crippen LogP contribution < -0.4 is 5.32 Å². The van der Waals surface area contributed by atoms with Crippen molar-refractivity contribution in [1.82, 2.24) is 4.98 Å². The van der Waals surface area contributed by atoms with Gasteiger partial charge in [-0.15, -0.1) is 0 Å². The first-order valence-electron chi connectivity index (χ1n) is 9.45. The summed E-state index contributed by atoms with van der Waals surface area (Å²) in [5.41, 5.74) is 4.54. The molecule has 0 aliphatic rings. The maximum atomic E-state index is 11.1. The smallest absolute Gasteiger partial charge is 0.339 e. The van der Waals surface area contributed by atoms with Crippen molar-refractivity contribution >= 4 is 28.7 Å². The minimum absolute atomic E-state index is 0.218. The summed E-state index contributed by atoms with van der Waals surface area (Å²) < 4.78 is 0. The van der Waals surface area contributed by atoms with Gasteiger partial charge in [-0.3, -0.25) is 4.98 Å². The number of aromatic carboxylic acids is 1. The second kappa shape index (κ2) is 8.87. The summed E-state index contributed by atoms with van der Waals surface area (Å²) in [6.45, 7) is 0. The second-order valence-electron chi connectivity index (χ2n) is 6.67. The number of pyridine rings is 1. The number of aromatic nitrogens is 1. The number of phenols is 1. The Bertz CT molecular complexity index is 1220. The van der Waals surface area contributed by atoms with Crippen LogP contribution in [0.25, 0.3) is 11.3 Å². The third-order valence-electron chi connectivity index (χ3n) is 4.49. The molecule has 0 radical (unpaired) electrons. The molecule has 0 aliphatic carbocycles. The highest BCUT2D eigenvalue weighted by molar-refractivity contribution is 5.91. The molecule has 4 aromatic rings. The first-order valence-corrected chi connectivity index (χ1v) is 9.45. The quantitative estimate of drug-likeness (QED) is 0.323. The monoisotopic (exact) mass is 410 g/mol. The molecular formula is C24H18N4O3. The van der Waals surface area contributed by atoms with Gasteiger partial charge in [-0.2, -0.15) is 10.2 Å². The van der Waals surface area contributed by atoms with E-state index in [0.29, 0.717) is 11.4 Å². The van der Waals surface area contributed by atoms with Gasteiger partial charge in [-0.25, -0.2) is 4.79 Å². The van der Waals surface area contributed by atoms with Crippen LogP contribution >= 0.6 is 0 Å². The number of carbonyl (C=O) groups is 1. The van der Waals surface area contributed by atoms with E-state index < -0.39 is 5.97 Å². The van der Waals surface area contributed by atoms with Crippen molar-refractivity contribution in [3.63, 3.8) is 0 Å². The lowest BCUT2D eigenvalue weighted by Crippen LogP contribution is -1.95. The number of hydrogen-bond acceptors (Lipinski definition) is 6. The number of anilines is 2. The van der Waals surface area contributed by atoms with Crippen LogP contribution in [0.2, 0.25) is 0 Å². The molecule has 0 fully saturated rings. The summed E-state index contributed by atoms with van der Waals surface area (Å²) in [5.74, 6) is -1.53. The summed E-state index contributed by atoms with van der Waals surface area (Å²) in [6.07, 6.45) is 1.77. The number of aromatic hydroxyl groups is 1. The Kier molecular flexibility index (Phi) is 5.66. The Labute approximate surface area is 178 Å². The maximum Gasteiger partial charge on any atom is 0.339 e. The van der Waals surface area contributed by atoms with E-state index in [-0.39, 0.29) is 11.3 Å². The topological polar surface area (TPSA) is 107 Å². The Balaban J connectivity index is 1.42. The van der Waals surface area contributed by atoms with Crippen LogP contribution in [0.1, 0.15) is 10.4 Å². The maximum absolute atomic E-state index is 11.1. The van der Waals surface area contributed by atoms with Crippen molar-refractivity contribution in [2.24, 2.45) is 10.2 Å². The number of benzene rings is 3. The molecule has 0 saturated heterocycles. The number of carboxylic acid groups (broad SMARTS) is 1. The molecular weight excluding hydrogens is 392 g/mol. The fourth-order valence-corrected chi connectivity index (χ4v) is 2.91. The van der Waals surface area contributed by atoms with Gasteiger partial charge < -0.3 is 15.5 Å². The Morgan fingerprint density at radius 3 is 2.10 bits per heavy atom.